The molecule has 48 heavy (non-hydrogen) atoms. The van der Waals surface area contributed by atoms with Crippen LogP contribution in [0.3, 0.4) is 0 Å². The fraction of sp³-hybridized carbons (Fsp3) is 0.605. The van der Waals surface area contributed by atoms with Crippen molar-refractivity contribution >= 4 is 34.3 Å². The van der Waals surface area contributed by atoms with Crippen LogP contribution in [0, 0.1) is 29.5 Å². The monoisotopic (exact) mass is 676 g/mol. The number of pyridine rings is 1. The van der Waals surface area contributed by atoms with Gasteiger partial charge in [0.05, 0.1) is 28.0 Å². The van der Waals surface area contributed by atoms with E-state index in [0.29, 0.717) is 46.1 Å². The third-order valence-electron chi connectivity index (χ3n) is 12.2. The molecule has 0 spiro atoms. The first-order valence-electron chi connectivity index (χ1n) is 18.0. The van der Waals surface area contributed by atoms with E-state index in [4.69, 9.17) is 11.6 Å². The fourth-order valence-electron chi connectivity index (χ4n) is 9.24. The van der Waals surface area contributed by atoms with Crippen molar-refractivity contribution in [3.8, 4) is 5.69 Å². The van der Waals surface area contributed by atoms with E-state index in [2.05, 4.69) is 27.9 Å². The van der Waals surface area contributed by atoms with Crippen LogP contribution < -0.4 is 0 Å². The summed E-state index contributed by atoms with van der Waals surface area (Å²) < 4.78 is 16.5. The van der Waals surface area contributed by atoms with Gasteiger partial charge in [0, 0.05) is 82.6 Å². The van der Waals surface area contributed by atoms with E-state index in [1.165, 1.54) is 31.4 Å². The molecule has 1 aliphatic carbocycles. The van der Waals surface area contributed by atoms with Gasteiger partial charge < -0.3 is 14.4 Å². The summed E-state index contributed by atoms with van der Waals surface area (Å²) in [5, 5.41) is 1.55. The molecule has 7 rings (SSSR count). The summed E-state index contributed by atoms with van der Waals surface area (Å²) in [7, 11) is 1.75. The Labute approximate surface area is 289 Å². The van der Waals surface area contributed by atoms with Crippen molar-refractivity contribution in [1.29, 1.82) is 0 Å². The third kappa shape index (κ3) is 6.15. The highest BCUT2D eigenvalue weighted by Gasteiger charge is 2.47. The van der Waals surface area contributed by atoms with Crippen LogP contribution in [0.15, 0.2) is 36.8 Å². The van der Waals surface area contributed by atoms with Crippen molar-refractivity contribution in [2.45, 2.75) is 77.9 Å². The molecule has 258 valence electrons. The Bertz CT molecular complexity index is 1670. The van der Waals surface area contributed by atoms with Crippen molar-refractivity contribution in [1.82, 2.24) is 29.2 Å². The smallest absolute Gasteiger partial charge is 0.256 e. The average Bonchev–Trinajstić information content (AvgIpc) is 3.82. The van der Waals surface area contributed by atoms with Crippen LogP contribution in [0.5, 0.6) is 0 Å². The van der Waals surface area contributed by atoms with E-state index < -0.39 is 5.82 Å². The second-order valence-electron chi connectivity index (χ2n) is 15.3. The lowest BCUT2D eigenvalue weighted by Crippen LogP contribution is -2.52. The van der Waals surface area contributed by atoms with Crippen molar-refractivity contribution in [2.75, 3.05) is 46.3 Å². The van der Waals surface area contributed by atoms with Crippen LogP contribution in [0.4, 0.5) is 4.39 Å². The number of fused-ring (bicyclic) bond motifs is 2. The standard InChI is InChI=1S/C38H50ClFN6O2/c1-6-34(26-12-31(13-26)45-20-28-18-44(24(4)47)19-29(28)21-45)43-10-9-25(17-43)11-27-22-46(36-16-41-15-33(39)37(27)36)35-8-7-30(40)14-32(35)38(48)42(5)23(2)3/h7-8,14-16,22-23,25-26,28-29,31,34H,6,9-13,17-21H2,1-5H3/t25-,26-,28-,29-,31+,34-/m1/s1. The Balaban J connectivity index is 1.04. The number of nitrogens with zero attached hydrogens (tertiary/aromatic N) is 6. The number of aromatic nitrogens is 2. The number of benzene rings is 1. The molecule has 0 unspecified atom stereocenters. The molecule has 3 aliphatic heterocycles. The highest BCUT2D eigenvalue weighted by molar-refractivity contribution is 6.35. The molecule has 3 saturated heterocycles. The number of carbonyl (C=O) groups is 2. The minimum Gasteiger partial charge on any atom is -0.342 e. The Kier molecular flexibility index (Phi) is 9.32. The zero-order valence-electron chi connectivity index (χ0n) is 29.0. The average molecular weight is 677 g/mol. The normalized spacial score (nSPS) is 26.8. The van der Waals surface area contributed by atoms with Gasteiger partial charge in [0.25, 0.3) is 5.91 Å². The highest BCUT2D eigenvalue weighted by Crippen LogP contribution is 2.43. The summed E-state index contributed by atoms with van der Waals surface area (Å²) in [5.41, 5.74) is 2.92. The van der Waals surface area contributed by atoms with Crippen LogP contribution in [0.1, 0.15) is 69.3 Å². The number of rotatable bonds is 9. The molecule has 0 radical (unpaired) electrons. The second-order valence-corrected chi connectivity index (χ2v) is 15.7. The van der Waals surface area contributed by atoms with E-state index >= 15 is 0 Å². The van der Waals surface area contributed by atoms with Crippen LogP contribution in [0.25, 0.3) is 16.6 Å². The number of amides is 2. The van der Waals surface area contributed by atoms with E-state index in [1.54, 1.807) is 37.3 Å². The van der Waals surface area contributed by atoms with E-state index in [9.17, 15) is 14.0 Å². The first-order valence-corrected chi connectivity index (χ1v) is 18.3. The van der Waals surface area contributed by atoms with Crippen molar-refractivity contribution in [3.63, 3.8) is 0 Å². The zero-order valence-corrected chi connectivity index (χ0v) is 29.8. The van der Waals surface area contributed by atoms with Gasteiger partial charge in [-0.1, -0.05) is 18.5 Å². The molecule has 10 heteroatoms. The lowest BCUT2D eigenvalue weighted by Gasteiger charge is -2.47. The van der Waals surface area contributed by atoms with Crippen molar-refractivity contribution in [3.05, 3.63) is 58.8 Å². The Morgan fingerprint density at radius 2 is 1.81 bits per heavy atom. The van der Waals surface area contributed by atoms with Gasteiger partial charge in [-0.2, -0.15) is 0 Å². The van der Waals surface area contributed by atoms with Crippen LogP contribution in [0.2, 0.25) is 5.02 Å². The van der Waals surface area contributed by atoms with Crippen LogP contribution in [-0.4, -0.2) is 105 Å². The molecular weight excluding hydrogens is 627 g/mol. The highest BCUT2D eigenvalue weighted by atomic mass is 35.5. The molecule has 3 aromatic rings. The number of hydrogen-bond donors (Lipinski definition) is 0. The largest absolute Gasteiger partial charge is 0.342 e. The molecule has 2 amide bonds. The van der Waals surface area contributed by atoms with Gasteiger partial charge in [-0.15, -0.1) is 0 Å². The van der Waals surface area contributed by atoms with Gasteiger partial charge in [-0.05, 0) is 99.9 Å². The summed E-state index contributed by atoms with van der Waals surface area (Å²) in [4.78, 5) is 38.9. The predicted octanol–water partition coefficient (Wildman–Crippen LogP) is 6.13. The molecule has 4 aliphatic rings. The number of hydrogen-bond acceptors (Lipinski definition) is 5. The molecule has 2 aromatic heterocycles. The summed E-state index contributed by atoms with van der Waals surface area (Å²) in [5.74, 6) is 2.12. The molecule has 0 N–H and O–H groups in total. The lowest BCUT2D eigenvalue weighted by molar-refractivity contribution is -0.128. The third-order valence-corrected chi connectivity index (χ3v) is 12.5. The summed E-state index contributed by atoms with van der Waals surface area (Å²) in [6.45, 7) is 14.3. The molecule has 1 saturated carbocycles. The zero-order chi connectivity index (χ0) is 33.9. The first-order chi connectivity index (χ1) is 23.0. The predicted molar refractivity (Wildman–Crippen MR) is 188 cm³/mol. The molecular formula is C38H50ClFN6O2. The number of halogens is 2. The van der Waals surface area contributed by atoms with Gasteiger partial charge in [-0.25, -0.2) is 4.39 Å². The molecule has 4 atom stereocenters. The van der Waals surface area contributed by atoms with E-state index in [1.807, 2.05) is 23.3 Å². The van der Waals surface area contributed by atoms with Crippen molar-refractivity contribution in [2.24, 2.45) is 23.7 Å². The van der Waals surface area contributed by atoms with Gasteiger partial charge >= 0.3 is 0 Å². The lowest BCUT2D eigenvalue weighted by atomic mass is 9.73. The molecule has 8 nitrogen and oxygen atoms in total. The maximum atomic E-state index is 14.5. The summed E-state index contributed by atoms with van der Waals surface area (Å²) in [6, 6.07) is 5.72. The Morgan fingerprint density at radius 1 is 1.08 bits per heavy atom. The van der Waals surface area contributed by atoms with E-state index in [-0.39, 0.29) is 17.9 Å². The summed E-state index contributed by atoms with van der Waals surface area (Å²) >= 11 is 6.81. The van der Waals surface area contributed by atoms with Crippen LogP contribution in [-0.2, 0) is 11.2 Å². The second kappa shape index (κ2) is 13.4. The quantitative estimate of drug-likeness (QED) is 0.273. The maximum Gasteiger partial charge on any atom is 0.256 e. The van der Waals surface area contributed by atoms with Gasteiger partial charge in [0.15, 0.2) is 0 Å². The SMILES string of the molecule is CC[C@H]([C@H]1C[C@@H](N2C[C@H]3CN(C(C)=O)C[C@@H]3C2)C1)N1CC[C@H](Cc2cn(-c3ccc(F)cc3C(=O)N(C)C(C)C)c3cncc(Cl)c23)C1. The summed E-state index contributed by atoms with van der Waals surface area (Å²) in [6.07, 6.45) is 11.4. The van der Waals surface area contributed by atoms with Crippen molar-refractivity contribution < 1.29 is 14.0 Å². The molecule has 0 bridgehead atoms. The van der Waals surface area contributed by atoms with Gasteiger partial charge in [0.1, 0.15) is 5.82 Å². The Morgan fingerprint density at radius 3 is 2.48 bits per heavy atom. The van der Waals surface area contributed by atoms with Gasteiger partial charge in [-0.3, -0.25) is 24.4 Å². The van der Waals surface area contributed by atoms with Gasteiger partial charge in [0.2, 0.25) is 5.91 Å². The van der Waals surface area contributed by atoms with E-state index in [0.717, 1.165) is 74.5 Å². The minimum absolute atomic E-state index is 0.0233. The maximum absolute atomic E-state index is 14.5. The first kappa shape index (κ1) is 33.5. The molecule has 5 heterocycles. The molecule has 4 fully saturated rings. The van der Waals surface area contributed by atoms with Crippen LogP contribution >= 0.6 is 11.6 Å². The number of likely N-dealkylation sites (tertiary alicyclic amines) is 3. The fourth-order valence-corrected chi connectivity index (χ4v) is 9.52. The topological polar surface area (TPSA) is 64.9 Å². The minimum atomic E-state index is -0.439. The Hall–Kier alpha value is -3.01. The molecule has 1 aromatic carbocycles. The number of carbonyl (C=O) groups excluding carboxylic acids is 2.